The molecule has 13 heavy (non-hydrogen) atoms. The summed E-state index contributed by atoms with van der Waals surface area (Å²) in [6.07, 6.45) is -4.50. The smallest absolute Gasteiger partial charge is 0.390 e. The Balaban J connectivity index is 3.13. The SMILES string of the molecule is OCc1ccc(C(F)(F)F)c(Cl)n1. The summed E-state index contributed by atoms with van der Waals surface area (Å²) in [5, 5.41) is 7.91. The number of rotatable bonds is 1. The molecule has 0 saturated carbocycles. The summed E-state index contributed by atoms with van der Waals surface area (Å²) in [5.74, 6) is 0. The van der Waals surface area contributed by atoms with E-state index < -0.39 is 23.5 Å². The molecule has 1 aromatic heterocycles. The topological polar surface area (TPSA) is 33.1 Å². The van der Waals surface area contributed by atoms with E-state index in [2.05, 4.69) is 4.98 Å². The van der Waals surface area contributed by atoms with E-state index in [9.17, 15) is 13.2 Å². The minimum absolute atomic E-state index is 0.109. The van der Waals surface area contributed by atoms with Crippen molar-refractivity contribution in [1.29, 1.82) is 0 Å². The molecule has 1 aromatic rings. The fourth-order valence-corrected chi connectivity index (χ4v) is 1.05. The molecule has 0 fully saturated rings. The van der Waals surface area contributed by atoms with E-state index >= 15 is 0 Å². The van der Waals surface area contributed by atoms with Gasteiger partial charge in [-0.05, 0) is 12.1 Å². The van der Waals surface area contributed by atoms with Gasteiger partial charge in [0.1, 0.15) is 5.15 Å². The highest BCUT2D eigenvalue weighted by Gasteiger charge is 2.33. The number of alkyl halides is 3. The predicted octanol–water partition coefficient (Wildman–Crippen LogP) is 2.25. The van der Waals surface area contributed by atoms with Crippen LogP contribution >= 0.6 is 11.6 Å². The van der Waals surface area contributed by atoms with Crippen LogP contribution in [0, 0.1) is 0 Å². The average molecular weight is 212 g/mol. The largest absolute Gasteiger partial charge is 0.419 e. The molecule has 6 heteroatoms. The van der Waals surface area contributed by atoms with Crippen molar-refractivity contribution < 1.29 is 18.3 Å². The van der Waals surface area contributed by atoms with Crippen LogP contribution in [0.25, 0.3) is 0 Å². The molecular formula is C7H5ClF3NO. The average Bonchev–Trinajstić information content (AvgIpc) is 2.01. The highest BCUT2D eigenvalue weighted by Crippen LogP contribution is 2.33. The summed E-state index contributed by atoms with van der Waals surface area (Å²) in [6.45, 7) is -0.433. The van der Waals surface area contributed by atoms with Gasteiger partial charge in [-0.3, -0.25) is 0 Å². The van der Waals surface area contributed by atoms with Gasteiger partial charge in [0.25, 0.3) is 0 Å². The molecule has 72 valence electrons. The number of pyridine rings is 1. The fraction of sp³-hybridized carbons (Fsp3) is 0.286. The highest BCUT2D eigenvalue weighted by molar-refractivity contribution is 6.30. The van der Waals surface area contributed by atoms with E-state index in [0.717, 1.165) is 12.1 Å². The summed E-state index contributed by atoms with van der Waals surface area (Å²) in [4.78, 5) is 3.35. The Morgan fingerprint density at radius 3 is 2.38 bits per heavy atom. The molecule has 0 atom stereocenters. The molecule has 0 aliphatic rings. The zero-order valence-corrected chi connectivity index (χ0v) is 7.02. The van der Waals surface area contributed by atoms with Gasteiger partial charge in [-0.15, -0.1) is 0 Å². The van der Waals surface area contributed by atoms with Gasteiger partial charge < -0.3 is 5.11 Å². The number of aliphatic hydroxyl groups excluding tert-OH is 1. The van der Waals surface area contributed by atoms with Crippen molar-refractivity contribution in [3.05, 3.63) is 28.5 Å². The zero-order chi connectivity index (χ0) is 10.1. The number of nitrogens with zero attached hydrogens (tertiary/aromatic N) is 1. The van der Waals surface area contributed by atoms with Gasteiger partial charge in [-0.2, -0.15) is 13.2 Å². The normalized spacial score (nSPS) is 11.8. The van der Waals surface area contributed by atoms with Crippen LogP contribution in [0.15, 0.2) is 12.1 Å². The van der Waals surface area contributed by atoms with Crippen molar-refractivity contribution in [3.8, 4) is 0 Å². The summed E-state index contributed by atoms with van der Waals surface area (Å²) in [7, 11) is 0. The lowest BCUT2D eigenvalue weighted by Crippen LogP contribution is -2.07. The molecule has 0 radical (unpaired) electrons. The second kappa shape index (κ2) is 3.51. The van der Waals surface area contributed by atoms with E-state index in [0.29, 0.717) is 0 Å². The van der Waals surface area contributed by atoms with Crippen molar-refractivity contribution in [3.63, 3.8) is 0 Å². The number of hydrogen-bond donors (Lipinski definition) is 1. The van der Waals surface area contributed by atoms with Crippen LogP contribution in [-0.4, -0.2) is 10.1 Å². The Morgan fingerprint density at radius 2 is 2.00 bits per heavy atom. The standard InChI is InChI=1S/C7H5ClF3NO/c8-6-5(7(9,10)11)2-1-4(3-13)12-6/h1-2,13H,3H2. The van der Waals surface area contributed by atoms with E-state index in [4.69, 9.17) is 16.7 Å². The molecule has 2 nitrogen and oxygen atoms in total. The molecular weight excluding hydrogens is 207 g/mol. The third-order valence-corrected chi connectivity index (χ3v) is 1.66. The second-order valence-corrected chi connectivity index (χ2v) is 2.65. The van der Waals surface area contributed by atoms with Gasteiger partial charge in [0.2, 0.25) is 0 Å². The van der Waals surface area contributed by atoms with Crippen LogP contribution in [0.4, 0.5) is 13.2 Å². The van der Waals surface area contributed by atoms with Crippen molar-refractivity contribution in [2.24, 2.45) is 0 Å². The minimum atomic E-state index is -4.50. The maximum Gasteiger partial charge on any atom is 0.419 e. The molecule has 0 spiro atoms. The first-order chi connectivity index (χ1) is 5.95. The molecule has 0 bridgehead atoms. The first-order valence-corrected chi connectivity index (χ1v) is 3.66. The van der Waals surface area contributed by atoms with Crippen molar-refractivity contribution in [2.45, 2.75) is 12.8 Å². The van der Waals surface area contributed by atoms with E-state index in [-0.39, 0.29) is 5.69 Å². The predicted molar refractivity (Wildman–Crippen MR) is 40.2 cm³/mol. The number of halogens is 4. The molecule has 0 saturated heterocycles. The van der Waals surface area contributed by atoms with Crippen LogP contribution in [0.2, 0.25) is 5.15 Å². The van der Waals surface area contributed by atoms with Gasteiger partial charge in [0, 0.05) is 0 Å². The van der Waals surface area contributed by atoms with Gasteiger partial charge >= 0.3 is 6.18 Å². The number of aromatic nitrogens is 1. The van der Waals surface area contributed by atoms with E-state index in [1.54, 1.807) is 0 Å². The lowest BCUT2D eigenvalue weighted by molar-refractivity contribution is -0.137. The van der Waals surface area contributed by atoms with E-state index in [1.807, 2.05) is 0 Å². The van der Waals surface area contributed by atoms with Crippen LogP contribution in [-0.2, 0) is 12.8 Å². The molecule has 1 heterocycles. The maximum absolute atomic E-state index is 12.1. The summed E-state index contributed by atoms with van der Waals surface area (Å²) < 4.78 is 36.3. The van der Waals surface area contributed by atoms with Gasteiger partial charge in [-0.1, -0.05) is 11.6 Å². The van der Waals surface area contributed by atoms with Gasteiger partial charge in [-0.25, -0.2) is 4.98 Å². The first kappa shape index (κ1) is 10.3. The second-order valence-electron chi connectivity index (χ2n) is 2.30. The Morgan fingerprint density at radius 1 is 1.38 bits per heavy atom. The summed E-state index contributed by atoms with van der Waals surface area (Å²) >= 11 is 5.25. The molecule has 0 unspecified atom stereocenters. The zero-order valence-electron chi connectivity index (χ0n) is 6.27. The number of hydrogen-bond acceptors (Lipinski definition) is 2. The van der Waals surface area contributed by atoms with E-state index in [1.165, 1.54) is 0 Å². The molecule has 1 N–H and O–H groups in total. The minimum Gasteiger partial charge on any atom is -0.390 e. The third kappa shape index (κ3) is 2.32. The van der Waals surface area contributed by atoms with Crippen LogP contribution < -0.4 is 0 Å². The Bertz CT molecular complexity index is 313. The Hall–Kier alpha value is -0.810. The van der Waals surface area contributed by atoms with Gasteiger partial charge in [0.05, 0.1) is 17.9 Å². The lowest BCUT2D eigenvalue weighted by Gasteiger charge is -2.08. The molecule has 0 amide bonds. The van der Waals surface area contributed by atoms with Crippen molar-refractivity contribution in [2.75, 3.05) is 0 Å². The van der Waals surface area contributed by atoms with Crippen molar-refractivity contribution >= 4 is 11.6 Å². The van der Waals surface area contributed by atoms with Crippen LogP contribution in [0.5, 0.6) is 0 Å². The molecule has 1 rings (SSSR count). The van der Waals surface area contributed by atoms with Crippen molar-refractivity contribution in [1.82, 2.24) is 4.98 Å². The van der Waals surface area contributed by atoms with Crippen LogP contribution in [0.1, 0.15) is 11.3 Å². The van der Waals surface area contributed by atoms with Crippen LogP contribution in [0.3, 0.4) is 0 Å². The first-order valence-electron chi connectivity index (χ1n) is 3.28. The fourth-order valence-electron chi connectivity index (χ4n) is 0.771. The monoisotopic (exact) mass is 211 g/mol. The lowest BCUT2D eigenvalue weighted by atomic mass is 10.2. The number of aliphatic hydroxyl groups is 1. The molecule has 0 aromatic carbocycles. The molecule has 0 aliphatic heterocycles. The summed E-state index contributed by atoms with van der Waals surface area (Å²) in [5.41, 5.74) is -0.885. The third-order valence-electron chi connectivity index (χ3n) is 1.37. The highest BCUT2D eigenvalue weighted by atomic mass is 35.5. The quantitative estimate of drug-likeness (QED) is 0.723. The molecule has 0 aliphatic carbocycles. The summed E-state index contributed by atoms with van der Waals surface area (Å²) in [6, 6.07) is 1.87. The maximum atomic E-state index is 12.1. The Labute approximate surface area is 77.0 Å². The Kier molecular flexibility index (Phi) is 2.77. The van der Waals surface area contributed by atoms with Gasteiger partial charge in [0.15, 0.2) is 0 Å².